The molecule has 0 saturated heterocycles. The summed E-state index contributed by atoms with van der Waals surface area (Å²) in [6.45, 7) is 1.31. The smallest absolute Gasteiger partial charge is 0.343 e. The van der Waals surface area contributed by atoms with Gasteiger partial charge < -0.3 is 10.1 Å². The molecule has 0 fully saturated rings. The van der Waals surface area contributed by atoms with Gasteiger partial charge in [-0.1, -0.05) is 23.2 Å². The summed E-state index contributed by atoms with van der Waals surface area (Å²) in [4.78, 5) is 24.7. The lowest BCUT2D eigenvalue weighted by Crippen LogP contribution is -2.19. The first kappa shape index (κ1) is 21.7. The van der Waals surface area contributed by atoms with Crippen molar-refractivity contribution < 1.29 is 31.9 Å². The van der Waals surface area contributed by atoms with Gasteiger partial charge in [-0.25, -0.2) is 22.4 Å². The molecule has 2 rings (SSSR count). The Balaban J connectivity index is 2.50. The van der Waals surface area contributed by atoms with E-state index in [0.29, 0.717) is 12.1 Å². The van der Waals surface area contributed by atoms with Crippen LogP contribution >= 0.6 is 23.2 Å². The maximum atomic E-state index is 14.2. The molecule has 28 heavy (non-hydrogen) atoms. The Bertz CT molecular complexity index is 980. The zero-order chi connectivity index (χ0) is 21.0. The Morgan fingerprint density at radius 1 is 1.11 bits per heavy atom. The molecule has 0 unspecified atom stereocenters. The van der Waals surface area contributed by atoms with Crippen LogP contribution in [0, 0.1) is 23.3 Å². The highest BCUT2D eigenvalue weighted by Crippen LogP contribution is 2.31. The van der Waals surface area contributed by atoms with Crippen molar-refractivity contribution in [2.75, 3.05) is 11.9 Å². The lowest BCUT2D eigenvalue weighted by molar-refractivity contribution is -0.138. The van der Waals surface area contributed by atoms with Gasteiger partial charge in [-0.15, -0.1) is 0 Å². The molecule has 0 radical (unpaired) electrons. The first-order chi connectivity index (χ1) is 13.2. The Morgan fingerprint density at radius 3 is 2.39 bits per heavy atom. The van der Waals surface area contributed by atoms with Crippen LogP contribution in [0.25, 0.3) is 0 Å². The number of anilines is 1. The van der Waals surface area contributed by atoms with Gasteiger partial charge in [0.2, 0.25) is 5.78 Å². The van der Waals surface area contributed by atoms with Crippen LogP contribution in [0.5, 0.6) is 0 Å². The van der Waals surface area contributed by atoms with Gasteiger partial charge in [-0.05, 0) is 25.1 Å². The summed E-state index contributed by atoms with van der Waals surface area (Å²) >= 11 is 11.1. The van der Waals surface area contributed by atoms with E-state index in [0.717, 1.165) is 18.3 Å². The fourth-order valence-electron chi connectivity index (χ4n) is 2.09. The third-order valence-corrected chi connectivity index (χ3v) is 4.01. The van der Waals surface area contributed by atoms with Crippen molar-refractivity contribution in [1.82, 2.24) is 0 Å². The second-order valence-corrected chi connectivity index (χ2v) is 6.00. The molecule has 0 atom stereocenters. The lowest BCUT2D eigenvalue weighted by atomic mass is 10.0. The van der Waals surface area contributed by atoms with Crippen molar-refractivity contribution >= 4 is 40.6 Å². The van der Waals surface area contributed by atoms with E-state index in [4.69, 9.17) is 27.9 Å². The summed E-state index contributed by atoms with van der Waals surface area (Å²) in [7, 11) is 0. The number of rotatable bonds is 6. The van der Waals surface area contributed by atoms with E-state index in [1.165, 1.54) is 6.92 Å². The predicted octanol–water partition coefficient (Wildman–Crippen LogP) is 5.29. The molecule has 2 aromatic rings. The highest BCUT2D eigenvalue weighted by molar-refractivity contribution is 6.39. The molecule has 0 aliphatic heterocycles. The van der Waals surface area contributed by atoms with Gasteiger partial charge >= 0.3 is 5.97 Å². The van der Waals surface area contributed by atoms with Crippen LogP contribution in [-0.2, 0) is 9.53 Å². The van der Waals surface area contributed by atoms with Crippen molar-refractivity contribution in [2.24, 2.45) is 0 Å². The average molecular weight is 436 g/mol. The first-order valence-corrected chi connectivity index (χ1v) is 8.39. The van der Waals surface area contributed by atoms with Crippen molar-refractivity contribution in [3.8, 4) is 0 Å². The summed E-state index contributed by atoms with van der Waals surface area (Å²) in [6, 6.07) is 3.01. The number of Topliss-reactive ketones (excluding diaryl/α,β-unsaturated/α-hetero) is 1. The molecule has 148 valence electrons. The molecule has 0 aliphatic carbocycles. The number of halogens is 6. The lowest BCUT2D eigenvalue weighted by Gasteiger charge is -2.11. The third-order valence-electron chi connectivity index (χ3n) is 3.38. The molecular formula is C18H11Cl2F4NO3. The number of esters is 1. The number of hydrogen-bond donors (Lipinski definition) is 1. The average Bonchev–Trinajstić information content (AvgIpc) is 2.62. The zero-order valence-corrected chi connectivity index (χ0v) is 15.6. The molecule has 0 amide bonds. The molecule has 2 aromatic carbocycles. The van der Waals surface area contributed by atoms with Crippen LogP contribution < -0.4 is 5.32 Å². The first-order valence-electron chi connectivity index (χ1n) is 7.63. The van der Waals surface area contributed by atoms with Crippen molar-refractivity contribution in [3.63, 3.8) is 0 Å². The van der Waals surface area contributed by atoms with Crippen LogP contribution in [0.15, 0.2) is 36.0 Å². The molecule has 10 heteroatoms. The number of carbonyl (C=O) groups excluding carboxylic acids is 2. The number of carbonyl (C=O) groups is 2. The number of nitrogens with one attached hydrogen (secondary N) is 1. The molecule has 0 aliphatic rings. The van der Waals surface area contributed by atoms with Gasteiger partial charge in [0.15, 0.2) is 5.82 Å². The summed E-state index contributed by atoms with van der Waals surface area (Å²) < 4.78 is 59.4. The van der Waals surface area contributed by atoms with Gasteiger partial charge in [-0.2, -0.15) is 0 Å². The van der Waals surface area contributed by atoms with E-state index in [1.807, 2.05) is 0 Å². The van der Waals surface area contributed by atoms with Crippen LogP contribution in [0.2, 0.25) is 10.0 Å². The molecule has 0 saturated carbocycles. The SMILES string of the molecule is CCOC(=O)C(=CNc1ccc(F)cc1F)C(=O)c1c(F)cc(Cl)c(F)c1Cl. The minimum Gasteiger partial charge on any atom is -0.462 e. The summed E-state index contributed by atoms with van der Waals surface area (Å²) in [5.74, 6) is -6.92. The third kappa shape index (κ3) is 4.63. The fourth-order valence-corrected chi connectivity index (χ4v) is 2.61. The highest BCUT2D eigenvalue weighted by Gasteiger charge is 2.29. The monoisotopic (exact) mass is 435 g/mol. The second-order valence-electron chi connectivity index (χ2n) is 5.22. The van der Waals surface area contributed by atoms with Gasteiger partial charge in [-0.3, -0.25) is 4.79 Å². The quantitative estimate of drug-likeness (QED) is 0.0978. The molecule has 1 N–H and O–H groups in total. The number of hydrogen-bond acceptors (Lipinski definition) is 4. The van der Waals surface area contributed by atoms with Gasteiger partial charge in [0, 0.05) is 12.3 Å². The molecule has 0 aromatic heterocycles. The Labute approximate surface area is 166 Å². The van der Waals surface area contributed by atoms with E-state index in [2.05, 4.69) is 5.32 Å². The molecule has 0 spiro atoms. The van der Waals surface area contributed by atoms with Crippen molar-refractivity contribution in [2.45, 2.75) is 6.92 Å². The molecule has 4 nitrogen and oxygen atoms in total. The van der Waals surface area contributed by atoms with E-state index in [1.54, 1.807) is 0 Å². The van der Waals surface area contributed by atoms with Crippen LogP contribution in [0.4, 0.5) is 23.2 Å². The van der Waals surface area contributed by atoms with E-state index >= 15 is 0 Å². The minimum absolute atomic E-state index is 0.139. The summed E-state index contributed by atoms with van der Waals surface area (Å²) in [6.07, 6.45) is 0.721. The molecule has 0 bridgehead atoms. The Hall–Kier alpha value is -2.58. The number of benzene rings is 2. The topological polar surface area (TPSA) is 55.4 Å². The van der Waals surface area contributed by atoms with Gasteiger partial charge in [0.25, 0.3) is 0 Å². The molecule has 0 heterocycles. The Morgan fingerprint density at radius 2 is 1.79 bits per heavy atom. The number of ketones is 1. The standard InChI is InChI=1S/C18H11Cl2F4NO3/c1-2-28-18(27)9(7-25-13-4-3-8(21)5-11(13)22)17(26)14-12(23)6-10(19)16(24)15(14)20/h3-7,25H,2H2,1H3. The Kier molecular flexibility index (Phi) is 7.04. The maximum absolute atomic E-state index is 14.2. The predicted molar refractivity (Wildman–Crippen MR) is 95.4 cm³/mol. The minimum atomic E-state index is -1.33. The van der Waals surface area contributed by atoms with Crippen LogP contribution in [0.1, 0.15) is 17.3 Å². The summed E-state index contributed by atoms with van der Waals surface area (Å²) in [5.41, 5.74) is -2.04. The fraction of sp³-hybridized carbons (Fsp3) is 0.111. The normalized spacial score (nSPS) is 11.3. The van der Waals surface area contributed by atoms with Crippen LogP contribution in [-0.4, -0.2) is 18.4 Å². The van der Waals surface area contributed by atoms with Crippen molar-refractivity contribution in [1.29, 1.82) is 0 Å². The molecular weight excluding hydrogens is 425 g/mol. The highest BCUT2D eigenvalue weighted by atomic mass is 35.5. The second kappa shape index (κ2) is 9.07. The van der Waals surface area contributed by atoms with E-state index < -0.39 is 56.2 Å². The van der Waals surface area contributed by atoms with Gasteiger partial charge in [0.05, 0.1) is 27.9 Å². The van der Waals surface area contributed by atoms with Crippen LogP contribution in [0.3, 0.4) is 0 Å². The maximum Gasteiger partial charge on any atom is 0.343 e. The zero-order valence-electron chi connectivity index (χ0n) is 14.1. The number of ether oxygens (including phenoxy) is 1. The van der Waals surface area contributed by atoms with Gasteiger partial charge in [0.1, 0.15) is 23.0 Å². The van der Waals surface area contributed by atoms with E-state index in [-0.39, 0.29) is 12.3 Å². The van der Waals surface area contributed by atoms with Crippen molar-refractivity contribution in [3.05, 3.63) is 74.9 Å². The largest absolute Gasteiger partial charge is 0.462 e. The summed E-state index contributed by atoms with van der Waals surface area (Å²) in [5, 5.41) is 0.692. The van der Waals surface area contributed by atoms with E-state index in [9.17, 15) is 27.2 Å².